The van der Waals surface area contributed by atoms with Gasteiger partial charge in [-0.15, -0.1) is 0 Å². The van der Waals surface area contributed by atoms with Crippen LogP contribution >= 0.6 is 0 Å². The lowest BCUT2D eigenvalue weighted by molar-refractivity contribution is -0.172. The van der Waals surface area contributed by atoms with Gasteiger partial charge in [0.2, 0.25) is 5.91 Å². The summed E-state index contributed by atoms with van der Waals surface area (Å²) in [6.45, 7) is 0. The monoisotopic (exact) mass is 365 g/mol. The lowest BCUT2D eigenvalue weighted by atomic mass is 9.71. The first-order chi connectivity index (χ1) is 13.1. The van der Waals surface area contributed by atoms with Gasteiger partial charge in [0.15, 0.2) is 0 Å². The highest BCUT2D eigenvalue weighted by Crippen LogP contribution is 2.42. The molecule has 5 rings (SSSR count). The summed E-state index contributed by atoms with van der Waals surface area (Å²) in [4.78, 5) is 27.2. The Bertz CT molecular complexity index is 783. The first-order valence-corrected chi connectivity index (χ1v) is 9.41. The zero-order chi connectivity index (χ0) is 19.0. The predicted octanol–water partition coefficient (Wildman–Crippen LogP) is 2.64. The minimum absolute atomic E-state index is 0.193. The van der Waals surface area contributed by atoms with Crippen molar-refractivity contribution in [2.75, 3.05) is 0 Å². The standard InChI is InChI=1S/C22H23NO4/c24-18-13-16-11-12-17(18)20(22(26)27)23(16)21(25)19(14-7-3-1-4-8-14)15-9-5-2-6-10-15/h1-10,16-20,24H,11-13H2,(H,26,27). The Balaban J connectivity index is 1.76. The van der Waals surface area contributed by atoms with E-state index in [-0.39, 0.29) is 11.9 Å². The number of amides is 1. The van der Waals surface area contributed by atoms with Gasteiger partial charge < -0.3 is 15.1 Å². The molecule has 2 aromatic carbocycles. The van der Waals surface area contributed by atoms with Crippen LogP contribution < -0.4 is 0 Å². The van der Waals surface area contributed by atoms with Crippen LogP contribution in [-0.2, 0) is 9.59 Å². The number of carbonyl (C=O) groups is 2. The fourth-order valence-electron chi connectivity index (χ4n) is 4.74. The molecule has 2 aromatic rings. The summed E-state index contributed by atoms with van der Waals surface area (Å²) in [5.41, 5.74) is 1.69. The van der Waals surface area contributed by atoms with Crippen molar-refractivity contribution in [3.05, 3.63) is 71.8 Å². The molecule has 1 amide bonds. The van der Waals surface area contributed by atoms with Crippen molar-refractivity contribution in [1.82, 2.24) is 4.90 Å². The van der Waals surface area contributed by atoms with Crippen molar-refractivity contribution in [1.29, 1.82) is 0 Å². The number of aliphatic hydroxyl groups is 1. The second-order valence-electron chi connectivity index (χ2n) is 7.48. The molecule has 3 aliphatic rings. The summed E-state index contributed by atoms with van der Waals surface area (Å²) in [5.74, 6) is -2.17. The second-order valence-corrected chi connectivity index (χ2v) is 7.48. The first-order valence-electron chi connectivity index (χ1n) is 9.41. The summed E-state index contributed by atoms with van der Waals surface area (Å²) in [6, 6.07) is 17.8. The number of fused-ring (bicyclic) bond motifs is 3. The van der Waals surface area contributed by atoms with E-state index < -0.39 is 30.0 Å². The van der Waals surface area contributed by atoms with Crippen LogP contribution in [0.2, 0.25) is 0 Å². The Morgan fingerprint density at radius 2 is 1.48 bits per heavy atom. The van der Waals surface area contributed by atoms with E-state index in [1.165, 1.54) is 0 Å². The third-order valence-electron chi connectivity index (χ3n) is 5.96. The van der Waals surface area contributed by atoms with Gasteiger partial charge in [0, 0.05) is 12.0 Å². The predicted molar refractivity (Wildman–Crippen MR) is 100 cm³/mol. The van der Waals surface area contributed by atoms with E-state index in [2.05, 4.69) is 0 Å². The molecule has 4 unspecified atom stereocenters. The van der Waals surface area contributed by atoms with Gasteiger partial charge in [-0.25, -0.2) is 4.79 Å². The molecule has 1 saturated carbocycles. The molecule has 5 heteroatoms. The largest absolute Gasteiger partial charge is 0.480 e. The smallest absolute Gasteiger partial charge is 0.326 e. The highest BCUT2D eigenvalue weighted by Gasteiger charge is 2.52. The number of piperidine rings is 2. The van der Waals surface area contributed by atoms with E-state index in [4.69, 9.17) is 0 Å². The Morgan fingerprint density at radius 1 is 0.926 bits per heavy atom. The van der Waals surface area contributed by atoms with E-state index in [1.54, 1.807) is 4.90 Å². The molecule has 3 fully saturated rings. The molecule has 2 heterocycles. The lowest BCUT2D eigenvalue weighted by Crippen LogP contribution is -2.65. The number of hydrogen-bond donors (Lipinski definition) is 2. The minimum atomic E-state index is -1.03. The highest BCUT2D eigenvalue weighted by molar-refractivity contribution is 5.91. The summed E-state index contributed by atoms with van der Waals surface area (Å²) in [6.07, 6.45) is 1.19. The normalized spacial score (nSPS) is 27.0. The maximum atomic E-state index is 13.7. The van der Waals surface area contributed by atoms with E-state index in [0.29, 0.717) is 12.8 Å². The van der Waals surface area contributed by atoms with Crippen LogP contribution in [0.25, 0.3) is 0 Å². The summed E-state index contributed by atoms with van der Waals surface area (Å²) >= 11 is 0. The van der Waals surface area contributed by atoms with Gasteiger partial charge in [-0.2, -0.15) is 0 Å². The number of benzene rings is 2. The Hall–Kier alpha value is -2.66. The van der Waals surface area contributed by atoms with Gasteiger partial charge in [0.1, 0.15) is 6.04 Å². The molecule has 140 valence electrons. The number of rotatable bonds is 4. The molecule has 2 N–H and O–H groups in total. The molecular formula is C22H23NO4. The number of carbonyl (C=O) groups excluding carboxylic acids is 1. The van der Waals surface area contributed by atoms with Crippen molar-refractivity contribution in [2.24, 2.45) is 5.92 Å². The van der Waals surface area contributed by atoms with Gasteiger partial charge in [-0.1, -0.05) is 60.7 Å². The van der Waals surface area contributed by atoms with Gasteiger partial charge in [0.25, 0.3) is 0 Å². The molecule has 4 atom stereocenters. The van der Waals surface area contributed by atoms with Gasteiger partial charge >= 0.3 is 5.97 Å². The Labute approximate surface area is 158 Å². The molecule has 5 nitrogen and oxygen atoms in total. The number of carboxylic acids is 1. The highest BCUT2D eigenvalue weighted by atomic mass is 16.4. The van der Waals surface area contributed by atoms with Gasteiger partial charge in [-0.05, 0) is 30.4 Å². The maximum absolute atomic E-state index is 13.7. The zero-order valence-corrected chi connectivity index (χ0v) is 14.9. The fourth-order valence-corrected chi connectivity index (χ4v) is 4.74. The maximum Gasteiger partial charge on any atom is 0.326 e. The third-order valence-corrected chi connectivity index (χ3v) is 5.96. The van der Waals surface area contributed by atoms with Crippen molar-refractivity contribution < 1.29 is 19.8 Å². The first kappa shape index (κ1) is 17.7. The number of aliphatic carboxylic acids is 1. The molecular weight excluding hydrogens is 342 g/mol. The summed E-state index contributed by atoms with van der Waals surface area (Å²) < 4.78 is 0. The summed E-state index contributed by atoms with van der Waals surface area (Å²) in [5, 5.41) is 20.1. The van der Waals surface area contributed by atoms with Gasteiger partial charge in [-0.3, -0.25) is 4.79 Å². The Kier molecular flexibility index (Phi) is 4.70. The minimum Gasteiger partial charge on any atom is -0.480 e. The van der Waals surface area contributed by atoms with Crippen LogP contribution in [0.4, 0.5) is 0 Å². The molecule has 1 aliphatic carbocycles. The average molecular weight is 365 g/mol. The van der Waals surface area contributed by atoms with E-state index in [1.807, 2.05) is 60.7 Å². The fraction of sp³-hybridized carbons (Fsp3) is 0.364. The third kappa shape index (κ3) is 3.12. The van der Waals surface area contributed by atoms with Crippen molar-refractivity contribution >= 4 is 11.9 Å². The van der Waals surface area contributed by atoms with Gasteiger partial charge in [0.05, 0.1) is 12.0 Å². The molecule has 2 bridgehead atoms. The lowest BCUT2D eigenvalue weighted by Gasteiger charge is -2.52. The second kappa shape index (κ2) is 7.16. The van der Waals surface area contributed by atoms with E-state index in [0.717, 1.165) is 17.5 Å². The number of hydrogen-bond acceptors (Lipinski definition) is 3. The molecule has 2 aliphatic heterocycles. The Morgan fingerprint density at radius 3 is 1.96 bits per heavy atom. The quantitative estimate of drug-likeness (QED) is 0.873. The van der Waals surface area contributed by atoms with Crippen LogP contribution in [0, 0.1) is 5.92 Å². The SMILES string of the molecule is O=C(O)C1C2CCC(CC2O)N1C(=O)C(c1ccccc1)c1ccccc1. The average Bonchev–Trinajstić information content (AvgIpc) is 2.69. The van der Waals surface area contributed by atoms with Crippen LogP contribution in [-0.4, -0.2) is 45.2 Å². The number of nitrogens with zero attached hydrogens (tertiary/aromatic N) is 1. The van der Waals surface area contributed by atoms with Crippen molar-refractivity contribution in [2.45, 2.75) is 43.4 Å². The number of aliphatic hydroxyl groups excluding tert-OH is 1. The topological polar surface area (TPSA) is 77.8 Å². The molecule has 27 heavy (non-hydrogen) atoms. The van der Waals surface area contributed by atoms with Crippen LogP contribution in [0.3, 0.4) is 0 Å². The molecule has 0 radical (unpaired) electrons. The molecule has 2 saturated heterocycles. The summed E-state index contributed by atoms with van der Waals surface area (Å²) in [7, 11) is 0. The zero-order valence-electron chi connectivity index (χ0n) is 14.9. The number of carboxylic acid groups (broad SMARTS) is 1. The molecule has 0 spiro atoms. The van der Waals surface area contributed by atoms with E-state index >= 15 is 0 Å². The van der Waals surface area contributed by atoms with Crippen LogP contribution in [0.5, 0.6) is 0 Å². The van der Waals surface area contributed by atoms with E-state index in [9.17, 15) is 19.8 Å². The van der Waals surface area contributed by atoms with Crippen LogP contribution in [0.15, 0.2) is 60.7 Å². The van der Waals surface area contributed by atoms with Crippen molar-refractivity contribution in [3.8, 4) is 0 Å². The van der Waals surface area contributed by atoms with Crippen LogP contribution in [0.1, 0.15) is 36.3 Å². The van der Waals surface area contributed by atoms with Crippen molar-refractivity contribution in [3.63, 3.8) is 0 Å². The molecule has 0 aromatic heterocycles.